The average molecular weight is 267 g/mol. The van der Waals surface area contributed by atoms with E-state index in [4.69, 9.17) is 4.74 Å². The van der Waals surface area contributed by atoms with Crippen LogP contribution in [0.5, 0.6) is 0 Å². The predicted octanol–water partition coefficient (Wildman–Crippen LogP) is 2.22. The van der Waals surface area contributed by atoms with Crippen LogP contribution in [0.15, 0.2) is 24.3 Å². The molecule has 2 rings (SSSR count). The molecule has 1 aromatic carbocycles. The van der Waals surface area contributed by atoms with Crippen molar-refractivity contribution in [3.63, 3.8) is 0 Å². The Kier molecular flexibility index (Phi) is 5.31. The Balaban J connectivity index is 1.87. The number of hydrogen-bond donors (Lipinski definition) is 1. The molecule has 19 heavy (non-hydrogen) atoms. The lowest BCUT2D eigenvalue weighted by molar-refractivity contribution is 0.0562. The van der Waals surface area contributed by atoms with Crippen LogP contribution < -0.4 is 0 Å². The number of aliphatic hydroxyl groups excluding tert-OH is 1. The minimum atomic E-state index is -0.554. The van der Waals surface area contributed by atoms with Crippen LogP contribution in [0.1, 0.15) is 24.5 Å². The molecule has 1 fully saturated rings. The van der Waals surface area contributed by atoms with E-state index < -0.39 is 6.10 Å². The first-order valence-electron chi connectivity index (χ1n) is 6.84. The zero-order valence-electron chi connectivity index (χ0n) is 11.4. The van der Waals surface area contributed by atoms with Crippen LogP contribution in [0.3, 0.4) is 0 Å². The van der Waals surface area contributed by atoms with Gasteiger partial charge in [-0.25, -0.2) is 4.39 Å². The Hall–Kier alpha value is -0.970. The summed E-state index contributed by atoms with van der Waals surface area (Å²) in [5.74, 6) is 0.285. The third kappa shape index (κ3) is 4.27. The van der Waals surface area contributed by atoms with Crippen molar-refractivity contribution < 1.29 is 14.2 Å². The summed E-state index contributed by atoms with van der Waals surface area (Å²) in [5, 5.41) is 10.2. The van der Waals surface area contributed by atoms with E-state index in [0.29, 0.717) is 12.5 Å². The van der Waals surface area contributed by atoms with Crippen LogP contribution in [-0.2, 0) is 4.74 Å². The van der Waals surface area contributed by atoms with Gasteiger partial charge in [-0.2, -0.15) is 0 Å². The van der Waals surface area contributed by atoms with Crippen molar-refractivity contribution in [3.05, 3.63) is 35.6 Å². The monoisotopic (exact) mass is 267 g/mol. The van der Waals surface area contributed by atoms with E-state index >= 15 is 0 Å². The molecule has 0 spiro atoms. The zero-order chi connectivity index (χ0) is 13.7. The maximum absolute atomic E-state index is 12.8. The van der Waals surface area contributed by atoms with Crippen LogP contribution in [0.2, 0.25) is 0 Å². The first-order valence-corrected chi connectivity index (χ1v) is 6.84. The topological polar surface area (TPSA) is 32.7 Å². The Morgan fingerprint density at radius 2 is 2.16 bits per heavy atom. The van der Waals surface area contributed by atoms with Crippen molar-refractivity contribution in [2.45, 2.75) is 18.9 Å². The van der Waals surface area contributed by atoms with Crippen LogP contribution in [0, 0.1) is 11.7 Å². The number of methoxy groups -OCH3 is 1. The highest BCUT2D eigenvalue weighted by Gasteiger charge is 2.22. The molecular weight excluding hydrogens is 245 g/mol. The molecule has 4 heteroatoms. The largest absolute Gasteiger partial charge is 0.387 e. The van der Waals surface area contributed by atoms with Gasteiger partial charge in [-0.15, -0.1) is 0 Å². The third-order valence-corrected chi connectivity index (χ3v) is 3.69. The molecule has 1 N–H and O–H groups in total. The number of hydrogen-bond acceptors (Lipinski definition) is 3. The number of ether oxygens (including phenoxy) is 1. The number of nitrogens with zero attached hydrogens (tertiary/aromatic N) is 1. The minimum absolute atomic E-state index is 0.269. The smallest absolute Gasteiger partial charge is 0.123 e. The van der Waals surface area contributed by atoms with Gasteiger partial charge in [0.2, 0.25) is 0 Å². The van der Waals surface area contributed by atoms with E-state index in [1.165, 1.54) is 18.6 Å². The molecule has 1 saturated heterocycles. The molecule has 0 bridgehead atoms. The van der Waals surface area contributed by atoms with Crippen LogP contribution in [-0.4, -0.2) is 43.4 Å². The van der Waals surface area contributed by atoms with E-state index in [9.17, 15) is 9.50 Å². The number of aliphatic hydroxyl groups is 1. The van der Waals surface area contributed by atoms with Gasteiger partial charge in [-0.05, 0) is 43.0 Å². The molecule has 1 heterocycles. The summed E-state index contributed by atoms with van der Waals surface area (Å²) in [6, 6.07) is 6.08. The highest BCUT2D eigenvalue weighted by atomic mass is 19.1. The summed E-state index contributed by atoms with van der Waals surface area (Å²) < 4.78 is 18.0. The van der Waals surface area contributed by atoms with Crippen LogP contribution in [0.4, 0.5) is 4.39 Å². The zero-order valence-corrected chi connectivity index (χ0v) is 11.4. The van der Waals surface area contributed by atoms with Gasteiger partial charge in [-0.3, -0.25) is 0 Å². The summed E-state index contributed by atoms with van der Waals surface area (Å²) in [4.78, 5) is 2.27. The Morgan fingerprint density at radius 1 is 1.42 bits per heavy atom. The lowest BCUT2D eigenvalue weighted by atomic mass is 9.98. The fraction of sp³-hybridized carbons (Fsp3) is 0.600. The summed E-state index contributed by atoms with van der Waals surface area (Å²) >= 11 is 0. The van der Waals surface area contributed by atoms with Crippen molar-refractivity contribution in [3.8, 4) is 0 Å². The predicted molar refractivity (Wildman–Crippen MR) is 72.4 cm³/mol. The Morgan fingerprint density at radius 3 is 2.84 bits per heavy atom. The molecule has 0 radical (unpaired) electrons. The van der Waals surface area contributed by atoms with Crippen molar-refractivity contribution in [2.24, 2.45) is 5.92 Å². The molecule has 0 saturated carbocycles. The van der Waals surface area contributed by atoms with E-state index in [2.05, 4.69) is 4.90 Å². The molecule has 3 nitrogen and oxygen atoms in total. The quantitative estimate of drug-likeness (QED) is 0.888. The normalized spacial score (nSPS) is 22.4. The first-order chi connectivity index (χ1) is 9.19. The number of likely N-dealkylation sites (tertiary alicyclic amines) is 1. The fourth-order valence-electron chi connectivity index (χ4n) is 2.72. The first kappa shape index (κ1) is 14.4. The Labute approximate surface area is 114 Å². The van der Waals surface area contributed by atoms with Crippen molar-refractivity contribution in [2.75, 3.05) is 33.4 Å². The molecule has 106 valence electrons. The maximum Gasteiger partial charge on any atom is 0.123 e. The molecular formula is C15H22FNO2. The van der Waals surface area contributed by atoms with Crippen molar-refractivity contribution >= 4 is 0 Å². The number of rotatable bonds is 5. The van der Waals surface area contributed by atoms with Gasteiger partial charge in [0.1, 0.15) is 5.82 Å². The average Bonchev–Trinajstić information content (AvgIpc) is 2.40. The van der Waals surface area contributed by atoms with Crippen molar-refractivity contribution in [1.82, 2.24) is 4.90 Å². The maximum atomic E-state index is 12.8. The lowest BCUT2D eigenvalue weighted by Gasteiger charge is -2.33. The van der Waals surface area contributed by atoms with Gasteiger partial charge in [0, 0.05) is 20.2 Å². The summed E-state index contributed by atoms with van der Waals surface area (Å²) in [7, 11) is 1.73. The van der Waals surface area contributed by atoms with Gasteiger partial charge in [-0.1, -0.05) is 12.1 Å². The second kappa shape index (κ2) is 6.98. The third-order valence-electron chi connectivity index (χ3n) is 3.69. The van der Waals surface area contributed by atoms with E-state index in [1.54, 1.807) is 19.2 Å². The van der Waals surface area contributed by atoms with E-state index in [-0.39, 0.29) is 5.82 Å². The van der Waals surface area contributed by atoms with Crippen LogP contribution >= 0.6 is 0 Å². The molecule has 2 unspecified atom stereocenters. The van der Waals surface area contributed by atoms with Crippen molar-refractivity contribution in [1.29, 1.82) is 0 Å². The highest BCUT2D eigenvalue weighted by Crippen LogP contribution is 2.20. The highest BCUT2D eigenvalue weighted by molar-refractivity contribution is 5.18. The SMILES string of the molecule is COCC1CCCN(CC(O)c2ccc(F)cc2)C1. The molecule has 1 aliphatic heterocycles. The van der Waals surface area contributed by atoms with Crippen LogP contribution in [0.25, 0.3) is 0 Å². The van der Waals surface area contributed by atoms with Gasteiger partial charge in [0.25, 0.3) is 0 Å². The van der Waals surface area contributed by atoms with Gasteiger partial charge < -0.3 is 14.7 Å². The number of benzene rings is 1. The summed E-state index contributed by atoms with van der Waals surface area (Å²) in [6.45, 7) is 3.36. The summed E-state index contributed by atoms with van der Waals surface area (Å²) in [6.07, 6.45) is 1.78. The van der Waals surface area contributed by atoms with Gasteiger partial charge in [0.05, 0.1) is 12.7 Å². The Bertz CT molecular complexity index is 380. The molecule has 0 amide bonds. The molecule has 1 aromatic rings. The molecule has 1 aliphatic rings. The number of piperidine rings is 1. The second-order valence-corrected chi connectivity index (χ2v) is 5.29. The molecule has 2 atom stereocenters. The fourth-order valence-corrected chi connectivity index (χ4v) is 2.72. The van der Waals surface area contributed by atoms with E-state index in [0.717, 1.165) is 31.7 Å². The standard InChI is InChI=1S/C15H22FNO2/c1-19-11-12-3-2-8-17(9-12)10-15(18)13-4-6-14(16)7-5-13/h4-7,12,15,18H,2-3,8-11H2,1H3. The second-order valence-electron chi connectivity index (χ2n) is 5.29. The van der Waals surface area contributed by atoms with E-state index in [1.807, 2.05) is 0 Å². The minimum Gasteiger partial charge on any atom is -0.387 e. The molecule has 0 aromatic heterocycles. The summed E-state index contributed by atoms with van der Waals surface area (Å²) in [5.41, 5.74) is 0.773. The van der Waals surface area contributed by atoms with Gasteiger partial charge >= 0.3 is 0 Å². The van der Waals surface area contributed by atoms with Gasteiger partial charge in [0.15, 0.2) is 0 Å². The lowest BCUT2D eigenvalue weighted by Crippen LogP contribution is -2.39. The number of halogens is 1. The number of β-amino-alcohol motifs (C(OH)–C–C–N with tert-alkyl or cyclic N) is 1. The molecule has 0 aliphatic carbocycles.